The molecule has 21 heavy (non-hydrogen) atoms. The molecule has 2 aliphatic heterocycles. The third-order valence-electron chi connectivity index (χ3n) is 4.63. The fourth-order valence-electron chi connectivity index (χ4n) is 3.47. The molecule has 0 spiro atoms. The number of nitrogens with zero attached hydrogens (tertiary/aromatic N) is 1. The van der Waals surface area contributed by atoms with E-state index in [1.807, 2.05) is 0 Å². The molecule has 2 bridgehead atoms. The average Bonchev–Trinajstić information content (AvgIpc) is 3.04. The van der Waals surface area contributed by atoms with E-state index in [0.717, 1.165) is 24.8 Å². The summed E-state index contributed by atoms with van der Waals surface area (Å²) < 4.78 is 0. The first-order valence-corrected chi connectivity index (χ1v) is 7.28. The molecular formula is C15H19N3O3. The van der Waals surface area contributed by atoms with Crippen LogP contribution >= 0.6 is 0 Å². The number of nitro groups is 1. The van der Waals surface area contributed by atoms with Gasteiger partial charge in [-0.2, -0.15) is 0 Å². The van der Waals surface area contributed by atoms with Crippen LogP contribution in [-0.2, 0) is 4.79 Å². The summed E-state index contributed by atoms with van der Waals surface area (Å²) in [6.07, 6.45) is 3.10. The number of hydrogen-bond donors (Lipinski definition) is 2. The zero-order valence-electron chi connectivity index (χ0n) is 12.2. The van der Waals surface area contributed by atoms with Crippen LogP contribution < -0.4 is 10.6 Å². The van der Waals surface area contributed by atoms with Crippen LogP contribution in [0.25, 0.3) is 0 Å². The largest absolute Gasteiger partial charge is 0.326 e. The van der Waals surface area contributed by atoms with Crippen molar-refractivity contribution < 1.29 is 9.72 Å². The zero-order valence-corrected chi connectivity index (χ0v) is 12.2. The summed E-state index contributed by atoms with van der Waals surface area (Å²) in [5, 5.41) is 17.3. The van der Waals surface area contributed by atoms with Crippen LogP contribution in [-0.4, -0.2) is 22.9 Å². The second kappa shape index (κ2) is 5.11. The first kappa shape index (κ1) is 14.0. The quantitative estimate of drug-likeness (QED) is 0.660. The molecule has 6 heteroatoms. The molecule has 1 aromatic rings. The molecule has 0 aliphatic carbocycles. The van der Waals surface area contributed by atoms with Gasteiger partial charge in [0.15, 0.2) is 0 Å². The predicted octanol–water partition coefficient (Wildman–Crippen LogP) is 2.29. The summed E-state index contributed by atoms with van der Waals surface area (Å²) >= 11 is 0. The first-order valence-electron chi connectivity index (χ1n) is 7.28. The van der Waals surface area contributed by atoms with E-state index in [1.165, 1.54) is 6.07 Å². The Kier molecular flexibility index (Phi) is 3.41. The Morgan fingerprint density at radius 3 is 2.67 bits per heavy atom. The van der Waals surface area contributed by atoms with Crippen molar-refractivity contribution >= 4 is 17.3 Å². The van der Waals surface area contributed by atoms with Gasteiger partial charge in [0, 0.05) is 29.4 Å². The highest BCUT2D eigenvalue weighted by molar-refractivity contribution is 5.94. The van der Waals surface area contributed by atoms with E-state index in [0.29, 0.717) is 17.3 Å². The molecule has 2 saturated heterocycles. The number of carbonyl (C=O) groups is 1. The van der Waals surface area contributed by atoms with Gasteiger partial charge in [-0.05, 0) is 44.7 Å². The van der Waals surface area contributed by atoms with Crippen LogP contribution in [0.4, 0.5) is 11.4 Å². The number of amides is 1. The number of aryl methyl sites for hydroxylation is 2. The van der Waals surface area contributed by atoms with E-state index in [2.05, 4.69) is 10.6 Å². The van der Waals surface area contributed by atoms with Crippen molar-refractivity contribution in [2.24, 2.45) is 5.92 Å². The zero-order chi connectivity index (χ0) is 15.1. The maximum Gasteiger partial charge on any atom is 0.272 e. The van der Waals surface area contributed by atoms with Crippen molar-refractivity contribution in [2.45, 2.75) is 45.2 Å². The third-order valence-corrected chi connectivity index (χ3v) is 4.63. The molecule has 6 nitrogen and oxygen atoms in total. The molecule has 3 atom stereocenters. The van der Waals surface area contributed by atoms with Gasteiger partial charge >= 0.3 is 0 Å². The Morgan fingerprint density at radius 2 is 2.10 bits per heavy atom. The maximum atomic E-state index is 12.4. The molecule has 3 rings (SSSR count). The lowest BCUT2D eigenvalue weighted by atomic mass is 9.88. The molecule has 0 saturated carbocycles. The van der Waals surface area contributed by atoms with Gasteiger partial charge in [-0.15, -0.1) is 0 Å². The van der Waals surface area contributed by atoms with Crippen LogP contribution in [0.5, 0.6) is 0 Å². The molecule has 2 aliphatic rings. The number of rotatable bonds is 3. The van der Waals surface area contributed by atoms with Gasteiger partial charge in [-0.25, -0.2) is 0 Å². The number of anilines is 1. The van der Waals surface area contributed by atoms with Crippen LogP contribution in [0.2, 0.25) is 0 Å². The Morgan fingerprint density at radius 1 is 1.33 bits per heavy atom. The Bertz CT molecular complexity index is 614. The molecule has 0 radical (unpaired) electrons. The highest BCUT2D eigenvalue weighted by Gasteiger charge is 2.42. The Hall–Kier alpha value is -1.95. The molecule has 1 amide bonds. The second-order valence-corrected chi connectivity index (χ2v) is 6.09. The first-order chi connectivity index (χ1) is 9.95. The monoisotopic (exact) mass is 289 g/mol. The molecule has 3 unspecified atom stereocenters. The lowest BCUT2D eigenvalue weighted by Crippen LogP contribution is -2.33. The van der Waals surface area contributed by atoms with Crippen LogP contribution in [0.15, 0.2) is 12.1 Å². The van der Waals surface area contributed by atoms with E-state index in [-0.39, 0.29) is 23.6 Å². The Balaban J connectivity index is 1.77. The van der Waals surface area contributed by atoms with Crippen LogP contribution in [0.1, 0.15) is 30.4 Å². The van der Waals surface area contributed by atoms with Crippen LogP contribution in [0.3, 0.4) is 0 Å². The number of hydrogen-bond acceptors (Lipinski definition) is 4. The predicted molar refractivity (Wildman–Crippen MR) is 79.3 cm³/mol. The maximum absolute atomic E-state index is 12.4. The lowest BCUT2D eigenvalue weighted by molar-refractivity contribution is -0.385. The van der Waals surface area contributed by atoms with E-state index < -0.39 is 4.92 Å². The minimum absolute atomic E-state index is 0.0126. The number of benzene rings is 1. The van der Waals surface area contributed by atoms with Crippen molar-refractivity contribution in [1.82, 2.24) is 5.32 Å². The standard InChI is InChI=1S/C15H19N3O3/c1-8-6-14(18(20)21)9(2)5-13(8)17-15(19)11-7-10-3-4-12(11)16-10/h5-6,10-12,16H,3-4,7H2,1-2H3,(H,17,19). The van der Waals surface area contributed by atoms with Gasteiger partial charge in [-0.3, -0.25) is 14.9 Å². The summed E-state index contributed by atoms with van der Waals surface area (Å²) in [6, 6.07) is 3.97. The van der Waals surface area contributed by atoms with E-state index in [1.54, 1.807) is 19.9 Å². The highest BCUT2D eigenvalue weighted by atomic mass is 16.6. The molecule has 112 valence electrons. The number of carbonyl (C=O) groups excluding carboxylic acids is 1. The Labute approximate surface area is 123 Å². The molecule has 2 heterocycles. The van der Waals surface area contributed by atoms with Crippen molar-refractivity contribution in [2.75, 3.05) is 5.32 Å². The number of nitrogens with one attached hydrogen (secondary N) is 2. The van der Waals surface area contributed by atoms with Crippen molar-refractivity contribution in [3.05, 3.63) is 33.4 Å². The van der Waals surface area contributed by atoms with Gasteiger partial charge in [0.2, 0.25) is 5.91 Å². The van der Waals surface area contributed by atoms with E-state index in [9.17, 15) is 14.9 Å². The minimum atomic E-state index is -0.395. The third kappa shape index (κ3) is 2.51. The molecule has 0 aromatic heterocycles. The van der Waals surface area contributed by atoms with Gasteiger partial charge in [-0.1, -0.05) is 0 Å². The molecule has 1 aromatic carbocycles. The summed E-state index contributed by atoms with van der Waals surface area (Å²) in [7, 11) is 0. The normalized spacial score (nSPS) is 26.9. The minimum Gasteiger partial charge on any atom is -0.326 e. The highest BCUT2D eigenvalue weighted by Crippen LogP contribution is 2.34. The molecule has 2 N–H and O–H groups in total. The summed E-state index contributed by atoms with van der Waals surface area (Å²) in [6.45, 7) is 3.47. The van der Waals surface area contributed by atoms with Gasteiger partial charge in [0.25, 0.3) is 5.69 Å². The number of fused-ring (bicyclic) bond motifs is 2. The topological polar surface area (TPSA) is 84.3 Å². The molecular weight excluding hydrogens is 270 g/mol. The summed E-state index contributed by atoms with van der Waals surface area (Å²) in [5.41, 5.74) is 2.04. The van der Waals surface area contributed by atoms with Gasteiger partial charge in [0.1, 0.15) is 0 Å². The summed E-state index contributed by atoms with van der Waals surface area (Å²) in [5.74, 6) is 0.0321. The van der Waals surface area contributed by atoms with Gasteiger partial charge < -0.3 is 10.6 Å². The second-order valence-electron chi connectivity index (χ2n) is 6.09. The average molecular weight is 289 g/mol. The van der Waals surface area contributed by atoms with Crippen molar-refractivity contribution in [1.29, 1.82) is 0 Å². The van der Waals surface area contributed by atoms with Crippen LogP contribution in [0, 0.1) is 29.9 Å². The molecule has 2 fully saturated rings. The van der Waals surface area contributed by atoms with E-state index >= 15 is 0 Å². The SMILES string of the molecule is Cc1cc([N+](=O)[O-])c(C)cc1NC(=O)C1CC2CCC1N2. The van der Waals surface area contributed by atoms with Crippen molar-refractivity contribution in [3.63, 3.8) is 0 Å². The smallest absolute Gasteiger partial charge is 0.272 e. The lowest BCUT2D eigenvalue weighted by Gasteiger charge is -2.20. The fraction of sp³-hybridized carbons (Fsp3) is 0.533. The van der Waals surface area contributed by atoms with Crippen molar-refractivity contribution in [3.8, 4) is 0 Å². The van der Waals surface area contributed by atoms with Gasteiger partial charge in [0.05, 0.1) is 10.8 Å². The fourth-order valence-corrected chi connectivity index (χ4v) is 3.47. The summed E-state index contributed by atoms with van der Waals surface area (Å²) in [4.78, 5) is 22.9. The van der Waals surface area contributed by atoms with E-state index in [4.69, 9.17) is 0 Å². The number of nitro benzene ring substituents is 1.